The van der Waals surface area contributed by atoms with Crippen molar-refractivity contribution < 1.29 is 4.79 Å². The van der Waals surface area contributed by atoms with Crippen LogP contribution in [-0.2, 0) is 0 Å². The molecule has 0 fully saturated rings. The van der Waals surface area contributed by atoms with E-state index >= 15 is 0 Å². The van der Waals surface area contributed by atoms with Crippen LogP contribution in [0.4, 0.5) is 0 Å². The Hall–Kier alpha value is -0.520. The van der Waals surface area contributed by atoms with Crippen molar-refractivity contribution in [3.63, 3.8) is 0 Å². The Balaban J connectivity index is 2.90. The fourth-order valence-corrected chi connectivity index (χ4v) is 0.939. The van der Waals surface area contributed by atoms with Crippen molar-refractivity contribution in [1.29, 1.82) is 0 Å². The number of carbonyl (C=O) groups excluding carboxylic acids is 1. The number of ketones is 1. The molecular weight excluding hydrogens is 255 g/mol. The van der Waals surface area contributed by atoms with E-state index in [9.17, 15) is 4.79 Å². The molecule has 0 bridgehead atoms. The van der Waals surface area contributed by atoms with Gasteiger partial charge in [-0.2, -0.15) is 0 Å². The lowest BCUT2D eigenvalue weighted by Gasteiger charge is -1.94. The van der Waals surface area contributed by atoms with Crippen LogP contribution < -0.4 is 0 Å². The second kappa shape index (κ2) is 3.75. The Labute approximate surface area is 78.4 Å². The van der Waals surface area contributed by atoms with Gasteiger partial charge in [0, 0.05) is 41.4 Å². The molecule has 1 aromatic rings. The van der Waals surface area contributed by atoms with Crippen LogP contribution in [0.5, 0.6) is 0 Å². The number of aromatic nitrogens is 2. The molecule has 0 amide bonds. The monoisotopic (exact) mass is 262 g/mol. The zero-order valence-corrected chi connectivity index (χ0v) is 8.20. The van der Waals surface area contributed by atoms with Gasteiger partial charge in [0.05, 0.1) is 5.56 Å². The van der Waals surface area contributed by atoms with Gasteiger partial charge < -0.3 is 0 Å². The molecule has 0 spiro atoms. The molecule has 0 aliphatic heterocycles. The van der Waals surface area contributed by atoms with E-state index in [2.05, 4.69) is 9.97 Å². The maximum absolute atomic E-state index is 11.0. The quantitative estimate of drug-likeness (QED) is 0.462. The van der Waals surface area contributed by atoms with Gasteiger partial charge >= 0.3 is 0 Å². The Bertz CT molecular complexity index is 258. The number of Topliss-reactive ketones (excluding diaryl/α,β-unsaturated/α-hetero) is 1. The minimum Gasteiger partial charge on any atom is -0.294 e. The van der Waals surface area contributed by atoms with E-state index in [0.29, 0.717) is 15.8 Å². The van der Waals surface area contributed by atoms with Gasteiger partial charge in [-0.05, 0) is 0 Å². The van der Waals surface area contributed by atoms with Crippen molar-refractivity contribution in [3.8, 4) is 0 Å². The maximum Gasteiger partial charge on any atom is 0.190 e. The molecule has 0 atom stereocenters. The molecule has 4 heteroatoms. The van der Waals surface area contributed by atoms with Gasteiger partial charge in [-0.15, -0.1) is 0 Å². The van der Waals surface area contributed by atoms with Gasteiger partial charge in [-0.1, -0.05) is 6.92 Å². The van der Waals surface area contributed by atoms with Crippen molar-refractivity contribution in [3.05, 3.63) is 21.8 Å². The molecule has 3 nitrogen and oxygen atoms in total. The number of hydrogen-bond acceptors (Lipinski definition) is 3. The average Bonchev–Trinajstić information content (AvgIpc) is 2.05. The summed E-state index contributed by atoms with van der Waals surface area (Å²) in [5, 5.41) is 0. The van der Waals surface area contributed by atoms with Crippen LogP contribution in [0, 0.1) is 3.83 Å². The third kappa shape index (κ3) is 2.21. The van der Waals surface area contributed by atoms with Crippen molar-refractivity contribution in [2.24, 2.45) is 0 Å². The standard InChI is InChI=1S/C7H7IN2O/c1-2-6(11)5-3-9-7(8)10-4-5/h3-4H,2H2,1H3. The molecule has 11 heavy (non-hydrogen) atoms. The zero-order valence-electron chi connectivity index (χ0n) is 6.04. The molecule has 0 aliphatic rings. The summed E-state index contributed by atoms with van der Waals surface area (Å²) in [6.07, 6.45) is 3.62. The molecule has 1 rings (SSSR count). The van der Waals surface area contributed by atoms with Crippen LogP contribution >= 0.6 is 22.6 Å². The Morgan fingerprint density at radius 1 is 1.55 bits per heavy atom. The van der Waals surface area contributed by atoms with Crippen LogP contribution in [-0.4, -0.2) is 15.8 Å². The summed E-state index contributed by atoms with van der Waals surface area (Å²) < 4.78 is 0.662. The smallest absolute Gasteiger partial charge is 0.190 e. The molecule has 0 N–H and O–H groups in total. The Kier molecular flexibility index (Phi) is 2.92. The topological polar surface area (TPSA) is 42.9 Å². The summed E-state index contributed by atoms with van der Waals surface area (Å²) in [7, 11) is 0. The summed E-state index contributed by atoms with van der Waals surface area (Å²) in [6.45, 7) is 1.82. The predicted molar refractivity (Wildman–Crippen MR) is 49.4 cm³/mol. The maximum atomic E-state index is 11.0. The SMILES string of the molecule is CCC(=O)c1cnc(I)nc1. The van der Waals surface area contributed by atoms with Crippen LogP contribution in [0.1, 0.15) is 23.7 Å². The molecule has 1 heterocycles. The second-order valence-electron chi connectivity index (χ2n) is 2.02. The molecule has 0 radical (unpaired) electrons. The van der Waals surface area contributed by atoms with Gasteiger partial charge in [0.25, 0.3) is 0 Å². The van der Waals surface area contributed by atoms with Crippen molar-refractivity contribution in [2.75, 3.05) is 0 Å². The lowest BCUT2D eigenvalue weighted by atomic mass is 10.2. The number of carbonyl (C=O) groups is 1. The van der Waals surface area contributed by atoms with Gasteiger partial charge in [-0.3, -0.25) is 4.79 Å². The Morgan fingerprint density at radius 3 is 2.55 bits per heavy atom. The first-order valence-corrected chi connectivity index (χ1v) is 4.32. The average molecular weight is 262 g/mol. The van der Waals surface area contributed by atoms with E-state index in [1.807, 2.05) is 29.5 Å². The number of nitrogens with zero attached hydrogens (tertiary/aromatic N) is 2. The van der Waals surface area contributed by atoms with Gasteiger partial charge in [0.2, 0.25) is 0 Å². The molecule has 1 aromatic heterocycles. The third-order valence-corrected chi connectivity index (χ3v) is 1.82. The van der Waals surface area contributed by atoms with E-state index in [4.69, 9.17) is 0 Å². The number of hydrogen-bond donors (Lipinski definition) is 0. The van der Waals surface area contributed by atoms with Crippen molar-refractivity contribution in [1.82, 2.24) is 9.97 Å². The van der Waals surface area contributed by atoms with E-state index in [1.165, 1.54) is 0 Å². The van der Waals surface area contributed by atoms with Gasteiger partial charge in [0.1, 0.15) is 0 Å². The van der Waals surface area contributed by atoms with E-state index in [1.54, 1.807) is 12.4 Å². The summed E-state index contributed by atoms with van der Waals surface area (Å²) in [4.78, 5) is 18.8. The lowest BCUT2D eigenvalue weighted by Crippen LogP contribution is -1.99. The second-order valence-corrected chi connectivity index (χ2v) is 2.98. The largest absolute Gasteiger partial charge is 0.294 e. The zero-order chi connectivity index (χ0) is 8.27. The highest BCUT2D eigenvalue weighted by molar-refractivity contribution is 14.1. The van der Waals surface area contributed by atoms with Gasteiger partial charge in [0.15, 0.2) is 9.61 Å². The number of halogens is 1. The van der Waals surface area contributed by atoms with Crippen molar-refractivity contribution in [2.45, 2.75) is 13.3 Å². The fraction of sp³-hybridized carbons (Fsp3) is 0.286. The fourth-order valence-electron chi connectivity index (χ4n) is 0.660. The lowest BCUT2D eigenvalue weighted by molar-refractivity contribution is 0.0987. The summed E-state index contributed by atoms with van der Waals surface area (Å²) in [5.41, 5.74) is 0.591. The van der Waals surface area contributed by atoms with Crippen LogP contribution in [0.15, 0.2) is 12.4 Å². The first kappa shape index (κ1) is 8.58. The van der Waals surface area contributed by atoms with E-state index < -0.39 is 0 Å². The minimum atomic E-state index is 0.0846. The van der Waals surface area contributed by atoms with Crippen LogP contribution in [0.3, 0.4) is 0 Å². The molecule has 58 valence electrons. The molecule has 0 saturated heterocycles. The highest BCUT2D eigenvalue weighted by Gasteiger charge is 2.02. The first-order valence-electron chi connectivity index (χ1n) is 3.24. The summed E-state index contributed by atoms with van der Waals surface area (Å²) in [6, 6.07) is 0. The number of rotatable bonds is 2. The summed E-state index contributed by atoms with van der Waals surface area (Å²) in [5.74, 6) is 0.0846. The van der Waals surface area contributed by atoms with Crippen LogP contribution in [0.25, 0.3) is 0 Å². The highest BCUT2D eigenvalue weighted by atomic mass is 127. The third-order valence-electron chi connectivity index (χ3n) is 1.26. The van der Waals surface area contributed by atoms with Crippen LogP contribution in [0.2, 0.25) is 0 Å². The molecule has 0 aromatic carbocycles. The molecule has 0 saturated carbocycles. The molecule has 0 aliphatic carbocycles. The minimum absolute atomic E-state index is 0.0846. The summed E-state index contributed by atoms with van der Waals surface area (Å²) >= 11 is 2.00. The van der Waals surface area contributed by atoms with Crippen molar-refractivity contribution >= 4 is 28.4 Å². The molecular formula is C7H7IN2O. The molecule has 0 unspecified atom stereocenters. The normalized spacial score (nSPS) is 9.64. The first-order chi connectivity index (χ1) is 5.24. The Morgan fingerprint density at radius 2 is 2.09 bits per heavy atom. The van der Waals surface area contributed by atoms with E-state index in [-0.39, 0.29) is 5.78 Å². The van der Waals surface area contributed by atoms with Gasteiger partial charge in [-0.25, -0.2) is 9.97 Å². The predicted octanol–water partition coefficient (Wildman–Crippen LogP) is 1.67. The highest BCUT2D eigenvalue weighted by Crippen LogP contribution is 2.01. The van der Waals surface area contributed by atoms with E-state index in [0.717, 1.165) is 0 Å².